The molecule has 1 N–H and O–H groups in total. The third-order valence-corrected chi connectivity index (χ3v) is 3.22. The minimum atomic E-state index is 0.130. The number of methoxy groups -OCH3 is 1. The third kappa shape index (κ3) is 1.73. The second-order valence-corrected chi connectivity index (χ2v) is 4.12. The summed E-state index contributed by atoms with van der Waals surface area (Å²) in [6.45, 7) is 2.83. The van der Waals surface area contributed by atoms with Crippen LogP contribution < -0.4 is 5.32 Å². The Labute approximate surface area is 79.8 Å². The van der Waals surface area contributed by atoms with Gasteiger partial charge in [-0.3, -0.25) is 0 Å². The third-order valence-electron chi connectivity index (χ3n) is 3.22. The van der Waals surface area contributed by atoms with Gasteiger partial charge < -0.3 is 14.8 Å². The molecule has 0 amide bonds. The van der Waals surface area contributed by atoms with Gasteiger partial charge in [0.2, 0.25) is 0 Å². The predicted octanol–water partition coefficient (Wildman–Crippen LogP) is 0.934. The van der Waals surface area contributed by atoms with Crippen LogP contribution in [0.1, 0.15) is 25.7 Å². The van der Waals surface area contributed by atoms with E-state index in [0.717, 1.165) is 19.8 Å². The van der Waals surface area contributed by atoms with Crippen molar-refractivity contribution in [2.24, 2.45) is 0 Å². The van der Waals surface area contributed by atoms with Crippen molar-refractivity contribution in [3.05, 3.63) is 0 Å². The summed E-state index contributed by atoms with van der Waals surface area (Å²) in [5.74, 6) is 0. The van der Waals surface area contributed by atoms with Crippen LogP contribution in [0.15, 0.2) is 0 Å². The molecule has 0 aliphatic carbocycles. The van der Waals surface area contributed by atoms with Gasteiger partial charge in [0.15, 0.2) is 0 Å². The van der Waals surface area contributed by atoms with Crippen molar-refractivity contribution < 1.29 is 9.47 Å². The van der Waals surface area contributed by atoms with Gasteiger partial charge in [-0.2, -0.15) is 0 Å². The largest absolute Gasteiger partial charge is 0.383 e. The lowest BCUT2D eigenvalue weighted by Crippen LogP contribution is -2.53. The maximum atomic E-state index is 5.75. The summed E-state index contributed by atoms with van der Waals surface area (Å²) in [5.41, 5.74) is 0.130. The SMILES string of the molecule is COCC1(C2CCCO2)CCCN1. The molecular formula is C10H19NO2. The van der Waals surface area contributed by atoms with Crippen LogP contribution in [0.25, 0.3) is 0 Å². The van der Waals surface area contributed by atoms with Gasteiger partial charge in [-0.25, -0.2) is 0 Å². The quantitative estimate of drug-likeness (QED) is 0.709. The molecule has 0 saturated carbocycles. The number of nitrogens with one attached hydrogen (secondary N) is 1. The van der Waals surface area contributed by atoms with E-state index in [4.69, 9.17) is 9.47 Å². The fraction of sp³-hybridized carbons (Fsp3) is 1.00. The van der Waals surface area contributed by atoms with E-state index in [-0.39, 0.29) is 5.54 Å². The standard InChI is InChI=1S/C10H19NO2/c1-12-8-10(5-3-6-11-10)9-4-2-7-13-9/h9,11H,2-8H2,1H3. The van der Waals surface area contributed by atoms with Gasteiger partial charge in [-0.1, -0.05) is 0 Å². The smallest absolute Gasteiger partial charge is 0.0780 e. The fourth-order valence-corrected chi connectivity index (χ4v) is 2.59. The summed E-state index contributed by atoms with van der Waals surface area (Å²) < 4.78 is 11.0. The topological polar surface area (TPSA) is 30.5 Å². The molecule has 0 spiro atoms. The molecule has 0 aromatic carbocycles. The molecule has 0 aromatic heterocycles. The van der Waals surface area contributed by atoms with Crippen molar-refractivity contribution >= 4 is 0 Å². The van der Waals surface area contributed by atoms with Gasteiger partial charge in [0.1, 0.15) is 0 Å². The summed E-state index contributed by atoms with van der Waals surface area (Å²) in [5, 5.41) is 3.56. The first-order valence-corrected chi connectivity index (χ1v) is 5.23. The van der Waals surface area contributed by atoms with E-state index in [2.05, 4.69) is 5.32 Å². The van der Waals surface area contributed by atoms with Crippen LogP contribution in [0, 0.1) is 0 Å². The fourth-order valence-electron chi connectivity index (χ4n) is 2.59. The highest BCUT2D eigenvalue weighted by molar-refractivity contribution is 5.00. The summed E-state index contributed by atoms with van der Waals surface area (Å²) in [6.07, 6.45) is 5.23. The van der Waals surface area contributed by atoms with Crippen molar-refractivity contribution in [3.8, 4) is 0 Å². The molecule has 0 bridgehead atoms. The van der Waals surface area contributed by atoms with Crippen LogP contribution in [0.4, 0.5) is 0 Å². The lowest BCUT2D eigenvalue weighted by Gasteiger charge is -2.34. The lowest BCUT2D eigenvalue weighted by molar-refractivity contribution is -0.00487. The molecule has 2 rings (SSSR count). The van der Waals surface area contributed by atoms with Crippen LogP contribution in [0.2, 0.25) is 0 Å². The molecule has 76 valence electrons. The monoisotopic (exact) mass is 185 g/mol. The zero-order valence-electron chi connectivity index (χ0n) is 8.34. The van der Waals surface area contributed by atoms with E-state index in [1.165, 1.54) is 25.7 Å². The Balaban J connectivity index is 2.02. The van der Waals surface area contributed by atoms with E-state index in [0.29, 0.717) is 6.10 Å². The van der Waals surface area contributed by atoms with Crippen LogP contribution in [-0.2, 0) is 9.47 Å². The van der Waals surface area contributed by atoms with Crippen molar-refractivity contribution in [1.29, 1.82) is 0 Å². The molecule has 0 aromatic rings. The second kappa shape index (κ2) is 3.95. The Kier molecular flexibility index (Phi) is 2.86. The molecule has 2 aliphatic heterocycles. The normalized spacial score (nSPS) is 39.9. The predicted molar refractivity (Wildman–Crippen MR) is 50.8 cm³/mol. The summed E-state index contributed by atoms with van der Waals surface area (Å²) in [7, 11) is 1.77. The maximum Gasteiger partial charge on any atom is 0.0780 e. The first-order chi connectivity index (χ1) is 6.37. The summed E-state index contributed by atoms with van der Waals surface area (Å²) >= 11 is 0. The zero-order valence-corrected chi connectivity index (χ0v) is 8.34. The molecule has 3 nitrogen and oxygen atoms in total. The Bertz CT molecular complexity index is 160. The minimum Gasteiger partial charge on any atom is -0.383 e. The molecule has 2 unspecified atom stereocenters. The molecule has 0 radical (unpaired) electrons. The second-order valence-electron chi connectivity index (χ2n) is 4.12. The van der Waals surface area contributed by atoms with Gasteiger partial charge in [0.25, 0.3) is 0 Å². The Morgan fingerprint density at radius 2 is 2.46 bits per heavy atom. The van der Waals surface area contributed by atoms with Crippen molar-refractivity contribution in [1.82, 2.24) is 5.32 Å². The molecule has 2 atom stereocenters. The number of rotatable bonds is 3. The van der Waals surface area contributed by atoms with Crippen molar-refractivity contribution in [2.45, 2.75) is 37.3 Å². The number of ether oxygens (including phenoxy) is 2. The maximum absolute atomic E-state index is 5.75. The molecule has 13 heavy (non-hydrogen) atoms. The summed E-state index contributed by atoms with van der Waals surface area (Å²) in [4.78, 5) is 0. The summed E-state index contributed by atoms with van der Waals surface area (Å²) in [6, 6.07) is 0. The average molecular weight is 185 g/mol. The van der Waals surface area contributed by atoms with Gasteiger partial charge in [-0.15, -0.1) is 0 Å². The number of hydrogen-bond donors (Lipinski definition) is 1. The Morgan fingerprint density at radius 1 is 1.54 bits per heavy atom. The molecule has 2 fully saturated rings. The molecular weight excluding hydrogens is 166 g/mol. The van der Waals surface area contributed by atoms with Crippen LogP contribution in [0.3, 0.4) is 0 Å². The van der Waals surface area contributed by atoms with Gasteiger partial charge in [0.05, 0.1) is 18.2 Å². The van der Waals surface area contributed by atoms with Gasteiger partial charge in [0, 0.05) is 13.7 Å². The van der Waals surface area contributed by atoms with Crippen molar-refractivity contribution in [2.75, 3.05) is 26.9 Å². The van der Waals surface area contributed by atoms with E-state index in [9.17, 15) is 0 Å². The minimum absolute atomic E-state index is 0.130. The van der Waals surface area contributed by atoms with E-state index in [1.54, 1.807) is 7.11 Å². The van der Waals surface area contributed by atoms with Crippen molar-refractivity contribution in [3.63, 3.8) is 0 Å². The molecule has 3 heteroatoms. The van der Waals surface area contributed by atoms with Gasteiger partial charge in [-0.05, 0) is 32.2 Å². The first-order valence-electron chi connectivity index (χ1n) is 5.23. The zero-order chi connectivity index (χ0) is 9.15. The highest BCUT2D eigenvalue weighted by Gasteiger charge is 2.43. The van der Waals surface area contributed by atoms with Crippen LogP contribution >= 0.6 is 0 Å². The lowest BCUT2D eigenvalue weighted by atomic mass is 9.89. The Hall–Kier alpha value is -0.120. The highest BCUT2D eigenvalue weighted by atomic mass is 16.5. The van der Waals surface area contributed by atoms with Gasteiger partial charge >= 0.3 is 0 Å². The van der Waals surface area contributed by atoms with E-state index >= 15 is 0 Å². The molecule has 2 aliphatic rings. The Morgan fingerprint density at radius 3 is 3.00 bits per heavy atom. The average Bonchev–Trinajstić information content (AvgIpc) is 2.73. The van der Waals surface area contributed by atoms with Crippen LogP contribution in [-0.4, -0.2) is 38.5 Å². The highest BCUT2D eigenvalue weighted by Crippen LogP contribution is 2.31. The molecule has 2 heterocycles. The first kappa shape index (κ1) is 9.44. The van der Waals surface area contributed by atoms with E-state index in [1.807, 2.05) is 0 Å². The van der Waals surface area contributed by atoms with E-state index < -0.39 is 0 Å². The molecule has 2 saturated heterocycles. The number of hydrogen-bond acceptors (Lipinski definition) is 3. The van der Waals surface area contributed by atoms with Crippen LogP contribution in [0.5, 0.6) is 0 Å².